The standard InChI is InChI=1S/C28H36N2O5/c1-17(2)13-19(14-25(31)32)15-29-27(33)26(18(3)4)30-28(34)35-16-24-22-11-7-5-9-20(22)21-10-6-8-12-23(21)24/h5-12,17-19,24,26H,13-16H2,1-4H3,(H,29,33)(H,30,34)(H,31,32). The van der Waals surface area contributed by atoms with Gasteiger partial charge in [0.1, 0.15) is 12.6 Å². The molecule has 7 nitrogen and oxygen atoms in total. The van der Waals surface area contributed by atoms with Gasteiger partial charge >= 0.3 is 12.1 Å². The first kappa shape index (κ1) is 26.3. The molecular weight excluding hydrogens is 444 g/mol. The summed E-state index contributed by atoms with van der Waals surface area (Å²) in [5, 5.41) is 14.7. The first-order chi connectivity index (χ1) is 16.7. The Balaban J connectivity index is 1.59. The van der Waals surface area contributed by atoms with Crippen LogP contribution in [0.5, 0.6) is 0 Å². The van der Waals surface area contributed by atoms with Crippen LogP contribution in [-0.2, 0) is 14.3 Å². The molecule has 0 spiro atoms. The molecule has 0 bridgehead atoms. The SMILES string of the molecule is CC(C)CC(CNC(=O)C(NC(=O)OCC1c2ccccc2-c2ccccc21)C(C)C)CC(=O)O. The molecule has 0 fully saturated rings. The third kappa shape index (κ3) is 6.84. The van der Waals surface area contributed by atoms with Gasteiger partial charge in [0.15, 0.2) is 0 Å². The predicted molar refractivity (Wildman–Crippen MR) is 135 cm³/mol. The number of ether oxygens (including phenoxy) is 1. The van der Waals surface area contributed by atoms with E-state index in [4.69, 9.17) is 9.84 Å². The average Bonchev–Trinajstić information content (AvgIpc) is 3.12. The molecule has 2 atom stereocenters. The Bertz CT molecular complexity index is 1000. The van der Waals surface area contributed by atoms with Gasteiger partial charge in [-0.3, -0.25) is 9.59 Å². The van der Waals surface area contributed by atoms with E-state index < -0.39 is 18.1 Å². The highest BCUT2D eigenvalue weighted by atomic mass is 16.5. The first-order valence-electron chi connectivity index (χ1n) is 12.3. The summed E-state index contributed by atoms with van der Waals surface area (Å²) in [5.41, 5.74) is 4.53. The third-order valence-corrected chi connectivity index (χ3v) is 6.40. The molecule has 2 amide bonds. The minimum atomic E-state index is -0.887. The van der Waals surface area contributed by atoms with Crippen molar-refractivity contribution in [2.45, 2.75) is 52.5 Å². The van der Waals surface area contributed by atoms with Crippen molar-refractivity contribution < 1.29 is 24.2 Å². The fourth-order valence-electron chi connectivity index (χ4n) is 4.81. The Morgan fingerprint density at radius 2 is 1.51 bits per heavy atom. The first-order valence-corrected chi connectivity index (χ1v) is 12.3. The van der Waals surface area contributed by atoms with Gasteiger partial charge in [0.2, 0.25) is 5.91 Å². The lowest BCUT2D eigenvalue weighted by molar-refractivity contribution is -0.138. The van der Waals surface area contributed by atoms with Crippen LogP contribution >= 0.6 is 0 Å². The number of carboxylic acid groups (broad SMARTS) is 1. The molecule has 188 valence electrons. The lowest BCUT2D eigenvalue weighted by atomic mass is 9.94. The van der Waals surface area contributed by atoms with E-state index in [9.17, 15) is 14.4 Å². The number of carbonyl (C=O) groups excluding carboxylic acids is 2. The molecule has 1 aliphatic carbocycles. The van der Waals surface area contributed by atoms with Crippen LogP contribution in [0.25, 0.3) is 11.1 Å². The zero-order valence-electron chi connectivity index (χ0n) is 20.9. The molecule has 0 aliphatic heterocycles. The minimum Gasteiger partial charge on any atom is -0.481 e. The lowest BCUT2D eigenvalue weighted by Gasteiger charge is -2.24. The largest absolute Gasteiger partial charge is 0.481 e. The van der Waals surface area contributed by atoms with E-state index in [1.807, 2.05) is 52.0 Å². The van der Waals surface area contributed by atoms with Crippen LogP contribution in [0.4, 0.5) is 4.79 Å². The smallest absolute Gasteiger partial charge is 0.407 e. The van der Waals surface area contributed by atoms with Gasteiger partial charge in [0.25, 0.3) is 0 Å². The summed E-state index contributed by atoms with van der Waals surface area (Å²) in [6, 6.07) is 15.4. The van der Waals surface area contributed by atoms with Crippen molar-refractivity contribution in [3.05, 3.63) is 59.7 Å². The Kier molecular flexibility index (Phi) is 8.90. The van der Waals surface area contributed by atoms with Crippen LogP contribution in [0, 0.1) is 17.8 Å². The average molecular weight is 481 g/mol. The molecule has 0 heterocycles. The second-order valence-corrected chi connectivity index (χ2v) is 10.0. The van der Waals surface area contributed by atoms with Crippen LogP contribution in [0.1, 0.15) is 57.6 Å². The molecule has 0 aromatic heterocycles. The number of benzene rings is 2. The van der Waals surface area contributed by atoms with Crippen molar-refractivity contribution in [2.24, 2.45) is 17.8 Å². The molecule has 3 rings (SSSR count). The second-order valence-electron chi connectivity index (χ2n) is 10.0. The number of rotatable bonds is 11. The molecule has 7 heteroatoms. The summed E-state index contributed by atoms with van der Waals surface area (Å²) >= 11 is 0. The summed E-state index contributed by atoms with van der Waals surface area (Å²) in [7, 11) is 0. The molecule has 35 heavy (non-hydrogen) atoms. The van der Waals surface area contributed by atoms with Gasteiger partial charge in [-0.2, -0.15) is 0 Å². The summed E-state index contributed by atoms with van der Waals surface area (Å²) in [5.74, 6) is -1.31. The Labute approximate surface area is 207 Å². The number of hydrogen-bond donors (Lipinski definition) is 3. The maximum Gasteiger partial charge on any atom is 0.407 e. The van der Waals surface area contributed by atoms with E-state index >= 15 is 0 Å². The monoisotopic (exact) mass is 480 g/mol. The fourth-order valence-corrected chi connectivity index (χ4v) is 4.81. The number of alkyl carbamates (subject to hydrolysis) is 1. The molecule has 2 aromatic rings. The highest BCUT2D eigenvalue weighted by Crippen LogP contribution is 2.44. The summed E-state index contributed by atoms with van der Waals surface area (Å²) in [4.78, 5) is 36.7. The number of amides is 2. The summed E-state index contributed by atoms with van der Waals surface area (Å²) in [6.45, 7) is 8.15. The van der Waals surface area contributed by atoms with Crippen molar-refractivity contribution in [1.29, 1.82) is 0 Å². The van der Waals surface area contributed by atoms with E-state index in [2.05, 4.69) is 34.9 Å². The number of carboxylic acids is 1. The zero-order valence-corrected chi connectivity index (χ0v) is 20.9. The van der Waals surface area contributed by atoms with Crippen LogP contribution in [0.15, 0.2) is 48.5 Å². The molecule has 0 radical (unpaired) electrons. The van der Waals surface area contributed by atoms with Gasteiger partial charge in [0.05, 0.1) is 0 Å². The number of carbonyl (C=O) groups is 3. The van der Waals surface area contributed by atoms with E-state index in [1.54, 1.807) is 0 Å². The molecule has 2 aromatic carbocycles. The molecule has 3 N–H and O–H groups in total. The highest BCUT2D eigenvalue weighted by Gasteiger charge is 2.30. The van der Waals surface area contributed by atoms with E-state index in [1.165, 1.54) is 0 Å². The topological polar surface area (TPSA) is 105 Å². The summed E-state index contributed by atoms with van der Waals surface area (Å²) < 4.78 is 5.59. The van der Waals surface area contributed by atoms with Crippen LogP contribution in [-0.4, -0.2) is 42.3 Å². The Morgan fingerprint density at radius 1 is 0.943 bits per heavy atom. The summed E-state index contributed by atoms with van der Waals surface area (Å²) in [6.07, 6.45) is 0.0357. The molecule has 0 saturated heterocycles. The number of nitrogens with one attached hydrogen (secondary N) is 2. The van der Waals surface area contributed by atoms with Crippen molar-refractivity contribution in [3.63, 3.8) is 0 Å². The number of aliphatic carboxylic acids is 1. The molecule has 0 saturated carbocycles. The number of hydrogen-bond acceptors (Lipinski definition) is 4. The predicted octanol–water partition coefficient (Wildman–Crippen LogP) is 4.80. The molecular formula is C28H36N2O5. The Hall–Kier alpha value is -3.35. The van der Waals surface area contributed by atoms with E-state index in [-0.39, 0.29) is 43.2 Å². The Morgan fingerprint density at radius 3 is 2.03 bits per heavy atom. The zero-order chi connectivity index (χ0) is 25.5. The van der Waals surface area contributed by atoms with Crippen LogP contribution < -0.4 is 10.6 Å². The molecule has 2 unspecified atom stereocenters. The van der Waals surface area contributed by atoms with E-state index in [0.717, 1.165) is 22.3 Å². The maximum absolute atomic E-state index is 12.9. The fraction of sp³-hybridized carbons (Fsp3) is 0.464. The van der Waals surface area contributed by atoms with Crippen molar-refractivity contribution in [2.75, 3.05) is 13.2 Å². The van der Waals surface area contributed by atoms with E-state index in [0.29, 0.717) is 12.3 Å². The maximum atomic E-state index is 12.9. The quantitative estimate of drug-likeness (QED) is 0.428. The van der Waals surface area contributed by atoms with Gasteiger partial charge in [-0.05, 0) is 46.4 Å². The van der Waals surface area contributed by atoms with Gasteiger partial charge in [0, 0.05) is 18.9 Å². The van der Waals surface area contributed by atoms with Crippen LogP contribution in [0.2, 0.25) is 0 Å². The second kappa shape index (κ2) is 11.9. The highest BCUT2D eigenvalue weighted by molar-refractivity contribution is 5.86. The normalized spacial score (nSPS) is 14.2. The van der Waals surface area contributed by atoms with Crippen molar-refractivity contribution >= 4 is 18.0 Å². The van der Waals surface area contributed by atoms with Gasteiger partial charge in [-0.15, -0.1) is 0 Å². The van der Waals surface area contributed by atoms with Gasteiger partial charge in [-0.1, -0.05) is 76.2 Å². The van der Waals surface area contributed by atoms with Crippen molar-refractivity contribution in [3.8, 4) is 11.1 Å². The van der Waals surface area contributed by atoms with Gasteiger partial charge in [-0.25, -0.2) is 4.79 Å². The van der Waals surface area contributed by atoms with Crippen LogP contribution in [0.3, 0.4) is 0 Å². The van der Waals surface area contributed by atoms with Gasteiger partial charge < -0.3 is 20.5 Å². The number of fused-ring (bicyclic) bond motifs is 3. The minimum absolute atomic E-state index is 0.00931. The van der Waals surface area contributed by atoms with Crippen molar-refractivity contribution in [1.82, 2.24) is 10.6 Å². The molecule has 1 aliphatic rings. The lowest BCUT2D eigenvalue weighted by Crippen LogP contribution is -2.50. The third-order valence-electron chi connectivity index (χ3n) is 6.40.